The topological polar surface area (TPSA) is 94.9 Å². The van der Waals surface area contributed by atoms with Crippen LogP contribution in [0, 0.1) is 0 Å². The summed E-state index contributed by atoms with van der Waals surface area (Å²) < 4.78 is 10.6. The van der Waals surface area contributed by atoms with Crippen LogP contribution in [0.25, 0.3) is 11.5 Å². The Kier molecular flexibility index (Phi) is 4.59. The van der Waals surface area contributed by atoms with E-state index in [1.807, 2.05) is 6.92 Å². The standard InChI is InChI=1S/C12H16N6O2/c1-4-7-20-12-17-9(16-11(13-2)18-12)8-10(19-3)15-6-5-14-8/h5-6H,4,7H2,1-3H3,(H,13,16,17,18). The van der Waals surface area contributed by atoms with Crippen LogP contribution in [0.5, 0.6) is 11.9 Å². The van der Waals surface area contributed by atoms with Crippen molar-refractivity contribution in [3.05, 3.63) is 12.4 Å². The van der Waals surface area contributed by atoms with Gasteiger partial charge in [0, 0.05) is 19.4 Å². The quantitative estimate of drug-likeness (QED) is 0.840. The fourth-order valence-corrected chi connectivity index (χ4v) is 1.46. The number of aromatic nitrogens is 5. The minimum Gasteiger partial charge on any atom is -0.479 e. The number of methoxy groups -OCH3 is 1. The number of rotatable bonds is 6. The first-order valence-corrected chi connectivity index (χ1v) is 6.20. The Labute approximate surface area is 116 Å². The van der Waals surface area contributed by atoms with Crippen molar-refractivity contribution in [1.29, 1.82) is 0 Å². The number of nitrogens with zero attached hydrogens (tertiary/aromatic N) is 5. The van der Waals surface area contributed by atoms with E-state index in [0.717, 1.165) is 6.42 Å². The van der Waals surface area contributed by atoms with E-state index >= 15 is 0 Å². The molecule has 20 heavy (non-hydrogen) atoms. The van der Waals surface area contributed by atoms with Crippen molar-refractivity contribution in [3.8, 4) is 23.4 Å². The summed E-state index contributed by atoms with van der Waals surface area (Å²) in [7, 11) is 3.23. The predicted octanol–water partition coefficient (Wildman–Crippen LogP) is 1.17. The lowest BCUT2D eigenvalue weighted by molar-refractivity contribution is 0.292. The monoisotopic (exact) mass is 276 g/mol. The van der Waals surface area contributed by atoms with Gasteiger partial charge in [-0.05, 0) is 6.42 Å². The third kappa shape index (κ3) is 3.08. The first-order chi connectivity index (χ1) is 9.78. The first kappa shape index (κ1) is 13.9. The molecule has 0 aliphatic carbocycles. The van der Waals surface area contributed by atoms with Crippen molar-refractivity contribution in [2.24, 2.45) is 0 Å². The second kappa shape index (κ2) is 6.60. The third-order valence-electron chi connectivity index (χ3n) is 2.34. The van der Waals surface area contributed by atoms with Crippen molar-refractivity contribution in [3.63, 3.8) is 0 Å². The van der Waals surface area contributed by atoms with Crippen LogP contribution in [0.4, 0.5) is 5.95 Å². The molecule has 0 saturated heterocycles. The van der Waals surface area contributed by atoms with Gasteiger partial charge in [0.1, 0.15) is 0 Å². The van der Waals surface area contributed by atoms with Gasteiger partial charge in [0.15, 0.2) is 11.5 Å². The molecule has 106 valence electrons. The van der Waals surface area contributed by atoms with Crippen LogP contribution in [-0.2, 0) is 0 Å². The predicted molar refractivity (Wildman–Crippen MR) is 72.7 cm³/mol. The summed E-state index contributed by atoms with van der Waals surface area (Å²) in [6.45, 7) is 2.54. The maximum absolute atomic E-state index is 5.44. The van der Waals surface area contributed by atoms with Crippen molar-refractivity contribution in [2.45, 2.75) is 13.3 Å². The van der Waals surface area contributed by atoms with Crippen LogP contribution in [-0.4, -0.2) is 45.7 Å². The van der Waals surface area contributed by atoms with E-state index in [2.05, 4.69) is 30.2 Å². The van der Waals surface area contributed by atoms with Gasteiger partial charge in [0.05, 0.1) is 13.7 Å². The molecule has 2 heterocycles. The second-order valence-electron chi connectivity index (χ2n) is 3.78. The molecular weight excluding hydrogens is 260 g/mol. The molecule has 0 aliphatic rings. The molecule has 0 unspecified atom stereocenters. The molecule has 0 aromatic carbocycles. The zero-order valence-electron chi connectivity index (χ0n) is 11.6. The van der Waals surface area contributed by atoms with Crippen LogP contribution in [0.15, 0.2) is 12.4 Å². The van der Waals surface area contributed by atoms with Crippen LogP contribution in [0.2, 0.25) is 0 Å². The molecule has 0 bridgehead atoms. The molecule has 2 aromatic rings. The molecule has 2 rings (SSSR count). The Bertz CT molecular complexity index is 578. The molecule has 0 spiro atoms. The minimum atomic E-state index is 0.244. The van der Waals surface area contributed by atoms with Crippen LogP contribution in [0.3, 0.4) is 0 Å². The van der Waals surface area contributed by atoms with E-state index in [1.165, 1.54) is 13.3 Å². The van der Waals surface area contributed by atoms with E-state index < -0.39 is 0 Å². The summed E-state index contributed by atoms with van der Waals surface area (Å²) in [5.74, 6) is 1.09. The highest BCUT2D eigenvalue weighted by atomic mass is 16.5. The summed E-state index contributed by atoms with van der Waals surface area (Å²) in [6.07, 6.45) is 3.95. The molecule has 0 amide bonds. The average molecular weight is 276 g/mol. The Morgan fingerprint density at radius 2 is 1.95 bits per heavy atom. The van der Waals surface area contributed by atoms with Crippen molar-refractivity contribution in [1.82, 2.24) is 24.9 Å². The fourth-order valence-electron chi connectivity index (χ4n) is 1.46. The molecule has 0 radical (unpaired) electrons. The third-order valence-corrected chi connectivity index (χ3v) is 2.34. The van der Waals surface area contributed by atoms with E-state index in [4.69, 9.17) is 9.47 Å². The van der Waals surface area contributed by atoms with E-state index in [0.29, 0.717) is 30.0 Å². The maximum atomic E-state index is 5.44. The molecule has 2 aromatic heterocycles. The second-order valence-corrected chi connectivity index (χ2v) is 3.78. The molecule has 0 aliphatic heterocycles. The Balaban J connectivity index is 2.44. The van der Waals surface area contributed by atoms with Gasteiger partial charge in [0.25, 0.3) is 0 Å². The lowest BCUT2D eigenvalue weighted by atomic mass is 10.4. The van der Waals surface area contributed by atoms with Crippen molar-refractivity contribution < 1.29 is 9.47 Å². The zero-order chi connectivity index (χ0) is 14.4. The summed E-state index contributed by atoms with van der Waals surface area (Å²) >= 11 is 0. The lowest BCUT2D eigenvalue weighted by Gasteiger charge is -2.08. The van der Waals surface area contributed by atoms with Gasteiger partial charge in [-0.2, -0.15) is 15.0 Å². The maximum Gasteiger partial charge on any atom is 0.321 e. The highest BCUT2D eigenvalue weighted by molar-refractivity contribution is 5.57. The molecular formula is C12H16N6O2. The first-order valence-electron chi connectivity index (χ1n) is 6.20. The molecule has 0 saturated carbocycles. The van der Waals surface area contributed by atoms with E-state index in [1.54, 1.807) is 13.2 Å². The van der Waals surface area contributed by atoms with Gasteiger partial charge >= 0.3 is 6.01 Å². The Hall–Kier alpha value is -2.51. The van der Waals surface area contributed by atoms with Gasteiger partial charge in [-0.25, -0.2) is 9.97 Å². The number of hydrogen-bond donors (Lipinski definition) is 1. The average Bonchev–Trinajstić information content (AvgIpc) is 2.52. The smallest absolute Gasteiger partial charge is 0.321 e. The van der Waals surface area contributed by atoms with Gasteiger partial charge in [-0.15, -0.1) is 0 Å². The Morgan fingerprint density at radius 3 is 2.65 bits per heavy atom. The zero-order valence-corrected chi connectivity index (χ0v) is 11.6. The number of nitrogens with one attached hydrogen (secondary N) is 1. The highest BCUT2D eigenvalue weighted by Crippen LogP contribution is 2.23. The largest absolute Gasteiger partial charge is 0.479 e. The van der Waals surface area contributed by atoms with Crippen molar-refractivity contribution >= 4 is 5.95 Å². The van der Waals surface area contributed by atoms with Crippen LogP contribution >= 0.6 is 0 Å². The fraction of sp³-hybridized carbons (Fsp3) is 0.417. The molecule has 8 heteroatoms. The number of ether oxygens (including phenoxy) is 2. The highest BCUT2D eigenvalue weighted by Gasteiger charge is 2.15. The summed E-state index contributed by atoms with van der Waals surface area (Å²) in [5, 5.41) is 2.86. The molecule has 1 N–H and O–H groups in total. The number of hydrogen-bond acceptors (Lipinski definition) is 8. The SMILES string of the molecule is CCCOc1nc(NC)nc(-c2nccnc2OC)n1. The van der Waals surface area contributed by atoms with Gasteiger partial charge in [0.2, 0.25) is 11.8 Å². The van der Waals surface area contributed by atoms with Crippen LogP contribution < -0.4 is 14.8 Å². The minimum absolute atomic E-state index is 0.244. The summed E-state index contributed by atoms with van der Waals surface area (Å²) in [5.41, 5.74) is 0.440. The number of anilines is 1. The van der Waals surface area contributed by atoms with Gasteiger partial charge in [-0.1, -0.05) is 6.92 Å². The van der Waals surface area contributed by atoms with Gasteiger partial charge in [-0.3, -0.25) is 0 Å². The summed E-state index contributed by atoms with van der Waals surface area (Å²) in [6, 6.07) is 0.244. The summed E-state index contributed by atoms with van der Waals surface area (Å²) in [4.78, 5) is 20.9. The van der Waals surface area contributed by atoms with Crippen molar-refractivity contribution in [2.75, 3.05) is 26.1 Å². The normalized spacial score (nSPS) is 10.2. The molecule has 0 fully saturated rings. The van der Waals surface area contributed by atoms with Crippen LogP contribution in [0.1, 0.15) is 13.3 Å². The Morgan fingerprint density at radius 1 is 1.15 bits per heavy atom. The van der Waals surface area contributed by atoms with E-state index in [-0.39, 0.29) is 6.01 Å². The molecule has 8 nitrogen and oxygen atoms in total. The van der Waals surface area contributed by atoms with E-state index in [9.17, 15) is 0 Å². The van der Waals surface area contributed by atoms with Gasteiger partial charge < -0.3 is 14.8 Å². The molecule has 0 atom stereocenters. The lowest BCUT2D eigenvalue weighted by Crippen LogP contribution is -2.07.